The van der Waals surface area contributed by atoms with Crippen molar-refractivity contribution in [2.45, 2.75) is 24.2 Å². The standard InChI is InChI=1S/C10H13N3O2S/c14-9(15)6-1-2-11-8(6)7-5-12-10-13(7)3-4-16-10/h5-6,8,11H,1-4H2,(H,14,15). The molecule has 0 bridgehead atoms. The van der Waals surface area contributed by atoms with Gasteiger partial charge in [0, 0.05) is 12.3 Å². The molecular formula is C10H13N3O2S. The van der Waals surface area contributed by atoms with Crippen LogP contribution in [-0.2, 0) is 11.3 Å². The number of carbonyl (C=O) groups is 1. The van der Waals surface area contributed by atoms with Gasteiger partial charge in [-0.1, -0.05) is 11.8 Å². The summed E-state index contributed by atoms with van der Waals surface area (Å²) in [6.45, 7) is 1.72. The van der Waals surface area contributed by atoms with Gasteiger partial charge in [-0.2, -0.15) is 0 Å². The lowest BCUT2D eigenvalue weighted by Gasteiger charge is -2.16. The van der Waals surface area contributed by atoms with Gasteiger partial charge in [0.1, 0.15) is 0 Å². The number of carboxylic acids is 1. The van der Waals surface area contributed by atoms with Crippen LogP contribution in [0.5, 0.6) is 0 Å². The van der Waals surface area contributed by atoms with E-state index >= 15 is 0 Å². The van der Waals surface area contributed by atoms with Crippen molar-refractivity contribution in [1.82, 2.24) is 14.9 Å². The predicted octanol–water partition coefficient (Wildman–Crippen LogP) is 0.724. The number of hydrogen-bond acceptors (Lipinski definition) is 4. The Morgan fingerprint density at radius 2 is 2.56 bits per heavy atom. The molecule has 2 atom stereocenters. The van der Waals surface area contributed by atoms with E-state index in [-0.39, 0.29) is 12.0 Å². The van der Waals surface area contributed by atoms with E-state index in [1.54, 1.807) is 11.8 Å². The highest BCUT2D eigenvalue weighted by Crippen LogP contribution is 2.34. The molecule has 5 nitrogen and oxygen atoms in total. The number of nitrogens with one attached hydrogen (secondary N) is 1. The molecule has 2 unspecified atom stereocenters. The molecular weight excluding hydrogens is 226 g/mol. The maximum absolute atomic E-state index is 11.1. The summed E-state index contributed by atoms with van der Waals surface area (Å²) in [5.74, 6) is 0.0169. The Morgan fingerprint density at radius 3 is 3.38 bits per heavy atom. The van der Waals surface area contributed by atoms with Gasteiger partial charge in [-0.25, -0.2) is 4.98 Å². The Hall–Kier alpha value is -1.01. The van der Waals surface area contributed by atoms with Crippen molar-refractivity contribution >= 4 is 17.7 Å². The molecule has 0 radical (unpaired) electrons. The Labute approximate surface area is 97.2 Å². The first-order chi connectivity index (χ1) is 7.77. The Bertz CT molecular complexity index is 432. The average Bonchev–Trinajstić information content (AvgIpc) is 2.92. The molecule has 0 aliphatic carbocycles. The summed E-state index contributed by atoms with van der Waals surface area (Å²) in [7, 11) is 0. The predicted molar refractivity (Wildman–Crippen MR) is 59.4 cm³/mol. The molecule has 0 aromatic carbocycles. The molecule has 0 saturated carbocycles. The van der Waals surface area contributed by atoms with Crippen LogP contribution >= 0.6 is 11.8 Å². The Balaban J connectivity index is 1.94. The molecule has 2 aliphatic heterocycles. The maximum atomic E-state index is 11.1. The van der Waals surface area contributed by atoms with Crippen molar-refractivity contribution in [2.24, 2.45) is 5.92 Å². The van der Waals surface area contributed by atoms with E-state index < -0.39 is 5.97 Å². The van der Waals surface area contributed by atoms with Crippen LogP contribution in [-0.4, -0.2) is 32.9 Å². The number of carboxylic acid groups (broad SMARTS) is 1. The third kappa shape index (κ3) is 1.44. The Kier molecular flexibility index (Phi) is 2.40. The second kappa shape index (κ2) is 3.78. The van der Waals surface area contributed by atoms with E-state index in [0.717, 1.165) is 29.7 Å². The molecule has 6 heteroatoms. The van der Waals surface area contributed by atoms with Crippen LogP contribution in [0.1, 0.15) is 18.2 Å². The SMILES string of the molecule is O=C(O)C1CCNC1c1cnc2n1CCS2. The van der Waals surface area contributed by atoms with Crippen LogP contribution < -0.4 is 5.32 Å². The lowest BCUT2D eigenvalue weighted by molar-refractivity contribution is -0.142. The van der Waals surface area contributed by atoms with Gasteiger partial charge < -0.3 is 15.0 Å². The number of nitrogens with zero attached hydrogens (tertiary/aromatic N) is 2. The van der Waals surface area contributed by atoms with Crippen molar-refractivity contribution in [2.75, 3.05) is 12.3 Å². The fourth-order valence-electron chi connectivity index (χ4n) is 2.47. The van der Waals surface area contributed by atoms with Crippen molar-refractivity contribution in [3.05, 3.63) is 11.9 Å². The molecule has 1 aromatic rings. The van der Waals surface area contributed by atoms with Gasteiger partial charge in [-0.15, -0.1) is 0 Å². The average molecular weight is 239 g/mol. The van der Waals surface area contributed by atoms with E-state index in [1.807, 2.05) is 6.20 Å². The third-order valence-corrected chi connectivity index (χ3v) is 4.22. The first-order valence-electron chi connectivity index (χ1n) is 5.42. The molecule has 2 aliphatic rings. The van der Waals surface area contributed by atoms with Crippen molar-refractivity contribution in [1.29, 1.82) is 0 Å². The van der Waals surface area contributed by atoms with Crippen LogP contribution in [0.3, 0.4) is 0 Å². The maximum Gasteiger partial charge on any atom is 0.308 e. The molecule has 1 fully saturated rings. The zero-order valence-corrected chi connectivity index (χ0v) is 9.54. The summed E-state index contributed by atoms with van der Waals surface area (Å²) in [6.07, 6.45) is 2.52. The summed E-state index contributed by atoms with van der Waals surface area (Å²) in [4.78, 5) is 15.5. The van der Waals surface area contributed by atoms with Gasteiger partial charge in [-0.05, 0) is 13.0 Å². The molecule has 0 spiro atoms. The van der Waals surface area contributed by atoms with Gasteiger partial charge in [-0.3, -0.25) is 4.79 Å². The summed E-state index contributed by atoms with van der Waals surface area (Å²) in [5.41, 5.74) is 1.03. The number of aliphatic carboxylic acids is 1. The van der Waals surface area contributed by atoms with Crippen LogP contribution in [0.25, 0.3) is 0 Å². The van der Waals surface area contributed by atoms with E-state index in [9.17, 15) is 4.79 Å². The fraction of sp³-hybridized carbons (Fsp3) is 0.600. The van der Waals surface area contributed by atoms with Crippen LogP contribution in [0, 0.1) is 5.92 Å². The second-order valence-electron chi connectivity index (χ2n) is 4.13. The largest absolute Gasteiger partial charge is 0.481 e. The molecule has 16 heavy (non-hydrogen) atoms. The topological polar surface area (TPSA) is 67.2 Å². The van der Waals surface area contributed by atoms with Gasteiger partial charge in [0.2, 0.25) is 0 Å². The fourth-order valence-corrected chi connectivity index (χ4v) is 3.40. The van der Waals surface area contributed by atoms with E-state index in [1.165, 1.54) is 0 Å². The van der Waals surface area contributed by atoms with Gasteiger partial charge in [0.15, 0.2) is 5.16 Å². The van der Waals surface area contributed by atoms with E-state index in [0.29, 0.717) is 6.42 Å². The third-order valence-electron chi connectivity index (χ3n) is 3.25. The van der Waals surface area contributed by atoms with Crippen molar-refractivity contribution in [3.8, 4) is 0 Å². The minimum atomic E-state index is -0.712. The number of fused-ring (bicyclic) bond motifs is 1. The van der Waals surface area contributed by atoms with Crippen molar-refractivity contribution < 1.29 is 9.90 Å². The number of thioether (sulfide) groups is 1. The van der Waals surface area contributed by atoms with Gasteiger partial charge in [0.25, 0.3) is 0 Å². The monoisotopic (exact) mass is 239 g/mol. The lowest BCUT2D eigenvalue weighted by atomic mass is 9.98. The first kappa shape index (κ1) is 10.2. The normalized spacial score (nSPS) is 28.2. The van der Waals surface area contributed by atoms with E-state index in [4.69, 9.17) is 5.11 Å². The molecule has 86 valence electrons. The molecule has 3 rings (SSSR count). The highest BCUT2D eigenvalue weighted by molar-refractivity contribution is 7.99. The second-order valence-corrected chi connectivity index (χ2v) is 5.19. The minimum Gasteiger partial charge on any atom is -0.481 e. The highest BCUT2D eigenvalue weighted by Gasteiger charge is 2.36. The van der Waals surface area contributed by atoms with Crippen LogP contribution in [0.4, 0.5) is 0 Å². The summed E-state index contributed by atoms with van der Waals surface area (Å²) in [5, 5.41) is 13.4. The molecule has 1 aromatic heterocycles. The smallest absolute Gasteiger partial charge is 0.308 e. The number of hydrogen-bond donors (Lipinski definition) is 2. The zero-order chi connectivity index (χ0) is 11.1. The summed E-state index contributed by atoms with van der Waals surface area (Å²) >= 11 is 1.73. The molecule has 3 heterocycles. The lowest BCUT2D eigenvalue weighted by Crippen LogP contribution is -2.25. The summed E-state index contributed by atoms with van der Waals surface area (Å²) < 4.78 is 2.14. The number of imidazole rings is 1. The molecule has 0 amide bonds. The molecule has 2 N–H and O–H groups in total. The number of aromatic nitrogens is 2. The molecule has 1 saturated heterocycles. The van der Waals surface area contributed by atoms with Crippen molar-refractivity contribution in [3.63, 3.8) is 0 Å². The van der Waals surface area contributed by atoms with Crippen LogP contribution in [0.15, 0.2) is 11.4 Å². The minimum absolute atomic E-state index is 0.0718. The zero-order valence-electron chi connectivity index (χ0n) is 8.72. The highest BCUT2D eigenvalue weighted by atomic mass is 32.2. The van der Waals surface area contributed by atoms with Crippen LogP contribution in [0.2, 0.25) is 0 Å². The van der Waals surface area contributed by atoms with Gasteiger partial charge in [0.05, 0.1) is 23.9 Å². The van der Waals surface area contributed by atoms with Gasteiger partial charge >= 0.3 is 5.97 Å². The van der Waals surface area contributed by atoms with E-state index in [2.05, 4.69) is 14.9 Å². The number of rotatable bonds is 2. The first-order valence-corrected chi connectivity index (χ1v) is 6.40. The Morgan fingerprint density at radius 1 is 1.69 bits per heavy atom. The quantitative estimate of drug-likeness (QED) is 0.796. The summed E-state index contributed by atoms with van der Waals surface area (Å²) in [6, 6.07) is -0.0718.